The monoisotopic (exact) mass is 341 g/mol. The van der Waals surface area contributed by atoms with Gasteiger partial charge in [-0.1, -0.05) is 35.9 Å². The number of rotatable bonds is 4. The Hall–Kier alpha value is -2.86. The van der Waals surface area contributed by atoms with Crippen LogP contribution >= 0.6 is 11.6 Å². The molecule has 0 saturated carbocycles. The Balaban J connectivity index is 1.87. The molecule has 1 unspecified atom stereocenters. The molecule has 0 aliphatic heterocycles. The molecule has 0 aliphatic rings. The Bertz CT molecular complexity index is 834. The fourth-order valence-corrected chi connectivity index (χ4v) is 2.61. The van der Waals surface area contributed by atoms with Gasteiger partial charge in [0, 0.05) is 36.2 Å². The number of nitrogens with one attached hydrogen (secondary N) is 2. The summed E-state index contributed by atoms with van der Waals surface area (Å²) in [5.74, 6) is 1.15. The zero-order chi connectivity index (χ0) is 16.9. The van der Waals surface area contributed by atoms with Crippen LogP contribution in [-0.2, 0) is 7.05 Å². The van der Waals surface area contributed by atoms with Gasteiger partial charge in [-0.15, -0.1) is 0 Å². The highest BCUT2D eigenvalue weighted by atomic mass is 35.5. The molecule has 3 aromatic rings. The van der Waals surface area contributed by atoms with Gasteiger partial charge in [0.25, 0.3) is 0 Å². The Morgan fingerprint density at radius 2 is 1.92 bits per heavy atom. The maximum absolute atomic E-state index is 12.4. The number of amides is 2. The fourth-order valence-electron chi connectivity index (χ4n) is 2.37. The standard InChI is InChI=1S/C17H16ClN5O/c1-23-11-10-20-16(23)15(12-6-2-3-7-13(12)18)22-17(24)21-14-8-4-5-9-19-14/h2-11,15H,1H3,(H2,19,21,22,24). The molecule has 2 heterocycles. The van der Waals surface area contributed by atoms with E-state index in [0.29, 0.717) is 16.7 Å². The fraction of sp³-hybridized carbons (Fsp3) is 0.118. The molecule has 1 aromatic carbocycles. The van der Waals surface area contributed by atoms with Crippen molar-refractivity contribution in [3.8, 4) is 0 Å². The molecule has 24 heavy (non-hydrogen) atoms. The maximum atomic E-state index is 12.4. The van der Waals surface area contributed by atoms with Crippen molar-refractivity contribution in [2.75, 3.05) is 5.32 Å². The second-order valence-corrected chi connectivity index (χ2v) is 5.57. The number of urea groups is 1. The van der Waals surface area contributed by atoms with Gasteiger partial charge in [0.2, 0.25) is 0 Å². The number of hydrogen-bond acceptors (Lipinski definition) is 3. The van der Waals surface area contributed by atoms with E-state index in [9.17, 15) is 4.79 Å². The SMILES string of the molecule is Cn1ccnc1C(NC(=O)Nc1ccccn1)c1ccccc1Cl. The summed E-state index contributed by atoms with van der Waals surface area (Å²) in [6.45, 7) is 0. The molecule has 6 nitrogen and oxygen atoms in total. The highest BCUT2D eigenvalue weighted by Crippen LogP contribution is 2.27. The topological polar surface area (TPSA) is 71.8 Å². The normalized spacial score (nSPS) is 11.8. The Morgan fingerprint density at radius 1 is 1.12 bits per heavy atom. The van der Waals surface area contributed by atoms with Crippen molar-refractivity contribution in [1.82, 2.24) is 19.9 Å². The largest absolute Gasteiger partial charge is 0.336 e. The molecule has 0 saturated heterocycles. The molecular formula is C17H16ClN5O. The van der Waals surface area contributed by atoms with Gasteiger partial charge in [-0.3, -0.25) is 5.32 Å². The number of anilines is 1. The van der Waals surface area contributed by atoms with Crippen molar-refractivity contribution in [3.63, 3.8) is 0 Å². The first-order chi connectivity index (χ1) is 11.6. The predicted molar refractivity (Wildman–Crippen MR) is 92.9 cm³/mol. The van der Waals surface area contributed by atoms with Crippen molar-refractivity contribution < 1.29 is 4.79 Å². The molecule has 2 amide bonds. The van der Waals surface area contributed by atoms with Crippen LogP contribution in [0.2, 0.25) is 5.02 Å². The third-order valence-corrected chi connectivity index (χ3v) is 3.86. The third-order valence-electron chi connectivity index (χ3n) is 3.51. The lowest BCUT2D eigenvalue weighted by Crippen LogP contribution is -2.34. The number of halogens is 1. The van der Waals surface area contributed by atoms with E-state index in [0.717, 1.165) is 5.56 Å². The lowest BCUT2D eigenvalue weighted by Gasteiger charge is -2.20. The van der Waals surface area contributed by atoms with Crippen molar-refractivity contribution in [1.29, 1.82) is 0 Å². The minimum Gasteiger partial charge on any atom is -0.336 e. The molecule has 122 valence electrons. The molecular weight excluding hydrogens is 326 g/mol. The van der Waals surface area contributed by atoms with Gasteiger partial charge in [0.05, 0.1) is 0 Å². The number of pyridine rings is 1. The molecule has 0 aliphatic carbocycles. The third kappa shape index (κ3) is 3.55. The van der Waals surface area contributed by atoms with Crippen molar-refractivity contribution >= 4 is 23.4 Å². The molecule has 2 N–H and O–H groups in total. The van der Waals surface area contributed by atoms with E-state index in [4.69, 9.17) is 11.6 Å². The molecule has 0 spiro atoms. The van der Waals surface area contributed by atoms with Crippen molar-refractivity contribution in [2.24, 2.45) is 7.05 Å². The number of carbonyl (C=O) groups is 1. The van der Waals surface area contributed by atoms with Crippen molar-refractivity contribution in [2.45, 2.75) is 6.04 Å². The van der Waals surface area contributed by atoms with Crippen molar-refractivity contribution in [3.05, 3.63) is 77.5 Å². The summed E-state index contributed by atoms with van der Waals surface area (Å²) in [5, 5.41) is 6.17. The van der Waals surface area contributed by atoms with Gasteiger partial charge >= 0.3 is 6.03 Å². The number of benzene rings is 1. The number of aryl methyl sites for hydroxylation is 1. The quantitative estimate of drug-likeness (QED) is 0.764. The number of nitrogens with zero attached hydrogens (tertiary/aromatic N) is 3. The summed E-state index contributed by atoms with van der Waals surface area (Å²) >= 11 is 6.31. The molecule has 0 fully saturated rings. The van der Waals surface area contributed by atoms with E-state index in [1.807, 2.05) is 36.0 Å². The lowest BCUT2D eigenvalue weighted by molar-refractivity contribution is 0.249. The highest BCUT2D eigenvalue weighted by Gasteiger charge is 2.22. The molecule has 2 aromatic heterocycles. The molecule has 1 atom stereocenters. The van der Waals surface area contributed by atoms with Gasteiger partial charge in [0.1, 0.15) is 17.7 Å². The van der Waals surface area contributed by atoms with Crippen LogP contribution in [-0.4, -0.2) is 20.6 Å². The summed E-state index contributed by atoms with van der Waals surface area (Å²) in [6.07, 6.45) is 5.11. The van der Waals surface area contributed by atoms with Gasteiger partial charge in [-0.2, -0.15) is 0 Å². The smallest absolute Gasteiger partial charge is 0.321 e. The van der Waals surface area contributed by atoms with E-state index in [2.05, 4.69) is 20.6 Å². The van der Waals surface area contributed by atoms with Crippen LogP contribution in [0.5, 0.6) is 0 Å². The van der Waals surface area contributed by atoms with Crippen LogP contribution in [0.1, 0.15) is 17.4 Å². The number of hydrogen-bond donors (Lipinski definition) is 2. The van der Waals surface area contributed by atoms with Crippen LogP contribution in [0.25, 0.3) is 0 Å². The summed E-state index contributed by atoms with van der Waals surface area (Å²) in [5.41, 5.74) is 0.768. The van der Waals surface area contributed by atoms with E-state index in [1.165, 1.54) is 0 Å². The number of imidazole rings is 1. The van der Waals surface area contributed by atoms with Crippen LogP contribution in [0.15, 0.2) is 61.1 Å². The lowest BCUT2D eigenvalue weighted by atomic mass is 10.1. The molecule has 0 radical (unpaired) electrons. The first-order valence-electron chi connectivity index (χ1n) is 7.35. The van der Waals surface area contributed by atoms with Gasteiger partial charge < -0.3 is 9.88 Å². The van der Waals surface area contributed by atoms with Crippen LogP contribution in [0.3, 0.4) is 0 Å². The van der Waals surface area contributed by atoms with Crippen LogP contribution in [0.4, 0.5) is 10.6 Å². The highest BCUT2D eigenvalue weighted by molar-refractivity contribution is 6.31. The van der Waals surface area contributed by atoms with E-state index < -0.39 is 6.04 Å². The van der Waals surface area contributed by atoms with Crippen LogP contribution < -0.4 is 10.6 Å². The first-order valence-corrected chi connectivity index (χ1v) is 7.73. The average molecular weight is 342 g/mol. The molecule has 7 heteroatoms. The second-order valence-electron chi connectivity index (χ2n) is 5.16. The summed E-state index contributed by atoms with van der Waals surface area (Å²) < 4.78 is 1.84. The second kappa shape index (κ2) is 7.14. The minimum atomic E-state index is -0.484. The molecule has 0 bridgehead atoms. The predicted octanol–water partition coefficient (Wildman–Crippen LogP) is 3.38. The Morgan fingerprint density at radius 3 is 2.58 bits per heavy atom. The summed E-state index contributed by atoms with van der Waals surface area (Å²) in [4.78, 5) is 20.8. The Labute approximate surface area is 144 Å². The zero-order valence-electron chi connectivity index (χ0n) is 13.0. The van der Waals surface area contributed by atoms with E-state index in [-0.39, 0.29) is 6.03 Å². The molecule has 3 rings (SSSR count). The Kier molecular flexibility index (Phi) is 4.77. The van der Waals surface area contributed by atoms with Gasteiger partial charge in [0.15, 0.2) is 0 Å². The van der Waals surface area contributed by atoms with Gasteiger partial charge in [-0.25, -0.2) is 14.8 Å². The summed E-state index contributed by atoms with van der Waals surface area (Å²) in [6, 6.07) is 11.8. The minimum absolute atomic E-state index is 0.387. The zero-order valence-corrected chi connectivity index (χ0v) is 13.7. The average Bonchev–Trinajstić information content (AvgIpc) is 3.00. The van der Waals surface area contributed by atoms with Crippen LogP contribution in [0, 0.1) is 0 Å². The maximum Gasteiger partial charge on any atom is 0.321 e. The summed E-state index contributed by atoms with van der Waals surface area (Å²) in [7, 11) is 1.87. The van der Waals surface area contributed by atoms with Gasteiger partial charge in [-0.05, 0) is 18.2 Å². The van der Waals surface area contributed by atoms with E-state index >= 15 is 0 Å². The number of carbonyl (C=O) groups excluding carboxylic acids is 1. The number of aromatic nitrogens is 3. The van der Waals surface area contributed by atoms with E-state index in [1.54, 1.807) is 36.7 Å². The first kappa shape index (κ1) is 16.0.